The van der Waals surface area contributed by atoms with E-state index in [1.54, 1.807) is 24.9 Å². The molecule has 0 saturated heterocycles. The van der Waals surface area contributed by atoms with Gasteiger partial charge in [-0.2, -0.15) is 5.10 Å². The lowest BCUT2D eigenvalue weighted by atomic mass is 9.93. The van der Waals surface area contributed by atoms with Crippen molar-refractivity contribution in [1.82, 2.24) is 44.7 Å². The second kappa shape index (κ2) is 8.37. The van der Waals surface area contributed by atoms with E-state index < -0.39 is 0 Å². The Morgan fingerprint density at radius 1 is 1.03 bits per heavy atom. The second-order valence-electron chi connectivity index (χ2n) is 10.0. The Hall–Kier alpha value is -4.86. The van der Waals surface area contributed by atoms with Crippen LogP contribution >= 0.6 is 0 Å². The van der Waals surface area contributed by atoms with Crippen molar-refractivity contribution in [2.75, 3.05) is 5.32 Å². The number of H-pyrrole nitrogens is 2. The van der Waals surface area contributed by atoms with E-state index in [-0.39, 0.29) is 5.41 Å². The SMILES string of the molecule is C=C(Nc1cncc(-c2ccc3[nH]nc(-c4nc5c(-n6cnc(C)c6)nccc5[nH]4)c3n2)c1)C(C)(C)C. The van der Waals surface area contributed by atoms with Gasteiger partial charge in [0.25, 0.3) is 0 Å². The van der Waals surface area contributed by atoms with E-state index in [0.29, 0.717) is 22.9 Å². The highest BCUT2D eigenvalue weighted by Crippen LogP contribution is 2.30. The number of imidazole rings is 2. The van der Waals surface area contributed by atoms with E-state index in [1.165, 1.54) is 0 Å². The molecular weight excluding hydrogens is 464 g/mol. The largest absolute Gasteiger partial charge is 0.358 e. The lowest BCUT2D eigenvalue weighted by molar-refractivity contribution is 0.509. The Morgan fingerprint density at radius 3 is 2.68 bits per heavy atom. The molecule has 0 bridgehead atoms. The fourth-order valence-electron chi connectivity index (χ4n) is 3.99. The molecule has 3 N–H and O–H groups in total. The van der Waals surface area contributed by atoms with Crippen LogP contribution in [0.2, 0.25) is 0 Å². The number of hydrogen-bond donors (Lipinski definition) is 3. The van der Waals surface area contributed by atoms with Crippen LogP contribution in [-0.4, -0.2) is 44.7 Å². The van der Waals surface area contributed by atoms with Gasteiger partial charge in [-0.15, -0.1) is 0 Å². The highest BCUT2D eigenvalue weighted by Gasteiger charge is 2.18. The smallest absolute Gasteiger partial charge is 0.166 e. The molecule has 0 fully saturated rings. The van der Waals surface area contributed by atoms with Crippen LogP contribution in [0.25, 0.3) is 50.7 Å². The van der Waals surface area contributed by atoms with Crippen LogP contribution in [0.1, 0.15) is 26.5 Å². The number of aryl methyl sites for hydroxylation is 1. The zero-order chi connectivity index (χ0) is 25.7. The maximum absolute atomic E-state index is 4.93. The van der Waals surface area contributed by atoms with E-state index >= 15 is 0 Å². The Morgan fingerprint density at radius 2 is 1.89 bits per heavy atom. The third kappa shape index (κ3) is 4.12. The summed E-state index contributed by atoms with van der Waals surface area (Å²) >= 11 is 0. The molecule has 10 nitrogen and oxygen atoms in total. The number of pyridine rings is 3. The first-order valence-electron chi connectivity index (χ1n) is 11.9. The zero-order valence-electron chi connectivity index (χ0n) is 21.0. The quantitative estimate of drug-likeness (QED) is 0.294. The maximum atomic E-state index is 4.93. The highest BCUT2D eigenvalue weighted by atomic mass is 15.2. The first-order chi connectivity index (χ1) is 17.8. The molecule has 0 unspecified atom stereocenters. The predicted octanol–water partition coefficient (Wildman–Crippen LogP) is 5.42. The first kappa shape index (κ1) is 22.6. The Labute approximate surface area is 213 Å². The summed E-state index contributed by atoms with van der Waals surface area (Å²) in [6.45, 7) is 12.4. The van der Waals surface area contributed by atoms with Crippen molar-refractivity contribution in [3.63, 3.8) is 0 Å². The summed E-state index contributed by atoms with van der Waals surface area (Å²) < 4.78 is 1.86. The Kier molecular flexibility index (Phi) is 5.11. The molecule has 184 valence electrons. The van der Waals surface area contributed by atoms with Crippen LogP contribution in [0.5, 0.6) is 0 Å². The van der Waals surface area contributed by atoms with Gasteiger partial charge in [0.05, 0.1) is 34.3 Å². The van der Waals surface area contributed by atoms with E-state index in [2.05, 4.69) is 62.8 Å². The van der Waals surface area contributed by atoms with E-state index in [1.807, 2.05) is 42.0 Å². The van der Waals surface area contributed by atoms with Gasteiger partial charge in [0.15, 0.2) is 17.3 Å². The minimum Gasteiger partial charge on any atom is -0.358 e. The average molecular weight is 491 g/mol. The Bertz CT molecular complexity index is 1780. The van der Waals surface area contributed by atoms with Gasteiger partial charge in [-0.3, -0.25) is 14.6 Å². The molecule has 0 aliphatic rings. The number of aromatic nitrogens is 9. The third-order valence-corrected chi connectivity index (χ3v) is 6.20. The molecule has 10 heteroatoms. The molecule has 6 aromatic heterocycles. The lowest BCUT2D eigenvalue weighted by Crippen LogP contribution is -2.15. The van der Waals surface area contributed by atoms with Crippen molar-refractivity contribution in [1.29, 1.82) is 0 Å². The molecule has 0 atom stereocenters. The average Bonchev–Trinajstić information content (AvgIpc) is 3.60. The maximum Gasteiger partial charge on any atom is 0.166 e. The molecule has 6 heterocycles. The highest BCUT2D eigenvalue weighted by molar-refractivity contribution is 5.92. The van der Waals surface area contributed by atoms with Gasteiger partial charge in [-0.25, -0.2) is 19.9 Å². The fourth-order valence-corrected chi connectivity index (χ4v) is 3.99. The molecule has 0 radical (unpaired) electrons. The number of hydrogen-bond acceptors (Lipinski definition) is 7. The molecule has 0 amide bonds. The Balaban J connectivity index is 1.40. The summed E-state index contributed by atoms with van der Waals surface area (Å²) in [6, 6.07) is 7.82. The second-order valence-corrected chi connectivity index (χ2v) is 10.0. The molecule has 0 aliphatic carbocycles. The van der Waals surface area contributed by atoms with Crippen LogP contribution < -0.4 is 5.32 Å². The molecule has 6 aromatic rings. The molecule has 6 rings (SSSR count). The van der Waals surface area contributed by atoms with Gasteiger partial charge in [0.2, 0.25) is 0 Å². The van der Waals surface area contributed by atoms with E-state index in [9.17, 15) is 0 Å². The summed E-state index contributed by atoms with van der Waals surface area (Å²) in [4.78, 5) is 26.4. The monoisotopic (exact) mass is 490 g/mol. The third-order valence-electron chi connectivity index (χ3n) is 6.20. The summed E-state index contributed by atoms with van der Waals surface area (Å²) in [7, 11) is 0. The summed E-state index contributed by atoms with van der Waals surface area (Å²) in [5, 5.41) is 11.0. The summed E-state index contributed by atoms with van der Waals surface area (Å²) in [5.74, 6) is 1.30. The summed E-state index contributed by atoms with van der Waals surface area (Å²) in [6.07, 6.45) is 8.98. The van der Waals surface area contributed by atoms with Gasteiger partial charge in [-0.1, -0.05) is 27.4 Å². The van der Waals surface area contributed by atoms with Crippen LogP contribution in [0, 0.1) is 12.3 Å². The van der Waals surface area contributed by atoms with Gasteiger partial charge < -0.3 is 10.3 Å². The van der Waals surface area contributed by atoms with Crippen molar-refractivity contribution in [2.24, 2.45) is 5.41 Å². The molecule has 0 spiro atoms. The molecular formula is C27H26N10. The number of rotatable bonds is 5. The number of aromatic amines is 2. The van der Waals surface area contributed by atoms with Crippen molar-refractivity contribution in [3.05, 3.63) is 73.4 Å². The van der Waals surface area contributed by atoms with Crippen LogP contribution in [-0.2, 0) is 0 Å². The number of nitrogens with zero attached hydrogens (tertiary/aromatic N) is 7. The minimum absolute atomic E-state index is 0.0719. The number of allylic oxidation sites excluding steroid dienone is 1. The predicted molar refractivity (Wildman–Crippen MR) is 144 cm³/mol. The number of fused-ring (bicyclic) bond motifs is 2. The van der Waals surface area contributed by atoms with Crippen LogP contribution in [0.3, 0.4) is 0 Å². The number of nitrogens with one attached hydrogen (secondary N) is 3. The molecule has 0 saturated carbocycles. The topological polar surface area (TPSA) is 126 Å². The van der Waals surface area contributed by atoms with Gasteiger partial charge in [-0.05, 0) is 31.2 Å². The number of anilines is 1. The molecule has 0 aliphatic heterocycles. The lowest BCUT2D eigenvalue weighted by Gasteiger charge is -2.23. The van der Waals surface area contributed by atoms with Crippen molar-refractivity contribution >= 4 is 27.8 Å². The van der Waals surface area contributed by atoms with E-state index in [4.69, 9.17) is 9.97 Å². The van der Waals surface area contributed by atoms with Gasteiger partial charge >= 0.3 is 0 Å². The van der Waals surface area contributed by atoms with Crippen molar-refractivity contribution < 1.29 is 0 Å². The first-order valence-corrected chi connectivity index (χ1v) is 11.9. The molecule has 0 aromatic carbocycles. The van der Waals surface area contributed by atoms with Crippen molar-refractivity contribution in [2.45, 2.75) is 27.7 Å². The zero-order valence-corrected chi connectivity index (χ0v) is 21.0. The normalized spacial score (nSPS) is 11.9. The minimum atomic E-state index is -0.0719. The standard InChI is InChI=1S/C27H26N10/c1-15-13-37(14-30-15)26-23-20(8-9-29-26)33-25(34-23)24-22-21(35-36-24)7-6-19(32-22)17-10-18(12-28-11-17)31-16(2)27(3,4)5/h6-14,31H,2H2,1,3-5H3,(H,33,34)(H,35,36). The van der Waals surface area contributed by atoms with Crippen molar-refractivity contribution in [3.8, 4) is 28.6 Å². The van der Waals surface area contributed by atoms with Crippen LogP contribution in [0.15, 0.2) is 67.7 Å². The van der Waals surface area contributed by atoms with E-state index in [0.717, 1.165) is 44.9 Å². The fraction of sp³-hybridized carbons (Fsp3) is 0.185. The van der Waals surface area contributed by atoms with Gasteiger partial charge in [0, 0.05) is 35.3 Å². The van der Waals surface area contributed by atoms with Crippen LogP contribution in [0.4, 0.5) is 5.69 Å². The van der Waals surface area contributed by atoms with Gasteiger partial charge in [0.1, 0.15) is 17.4 Å². The summed E-state index contributed by atoms with van der Waals surface area (Å²) in [5.41, 5.74) is 7.99. The molecule has 37 heavy (non-hydrogen) atoms.